The van der Waals surface area contributed by atoms with Crippen molar-refractivity contribution in [2.45, 2.75) is 13.0 Å². The van der Waals surface area contributed by atoms with Crippen molar-refractivity contribution in [1.82, 2.24) is 15.3 Å². The lowest BCUT2D eigenvalue weighted by atomic mass is 10.1. The van der Waals surface area contributed by atoms with Crippen molar-refractivity contribution in [2.75, 3.05) is 13.7 Å². The van der Waals surface area contributed by atoms with E-state index in [0.717, 1.165) is 40.7 Å². The Bertz CT molecular complexity index is 789. The maximum absolute atomic E-state index is 6.13. The second-order valence-electron chi connectivity index (χ2n) is 5.23. The van der Waals surface area contributed by atoms with Gasteiger partial charge in [-0.05, 0) is 42.8 Å². The molecule has 0 saturated carbocycles. The van der Waals surface area contributed by atoms with E-state index in [4.69, 9.17) is 16.3 Å². The number of nitrogens with one attached hydrogen (secondary N) is 1. The van der Waals surface area contributed by atoms with Crippen LogP contribution >= 0.6 is 22.9 Å². The van der Waals surface area contributed by atoms with Crippen LogP contribution in [-0.2, 0) is 13.0 Å². The first-order valence-electron chi connectivity index (χ1n) is 7.65. The van der Waals surface area contributed by atoms with Gasteiger partial charge in [0.05, 0.1) is 12.0 Å². The monoisotopic (exact) mass is 359 g/mol. The molecule has 0 amide bonds. The van der Waals surface area contributed by atoms with Crippen molar-refractivity contribution >= 4 is 22.9 Å². The summed E-state index contributed by atoms with van der Waals surface area (Å²) in [4.78, 5) is 9.60. The van der Waals surface area contributed by atoms with Crippen molar-refractivity contribution < 1.29 is 4.74 Å². The van der Waals surface area contributed by atoms with Crippen LogP contribution in [0.3, 0.4) is 0 Å². The van der Waals surface area contributed by atoms with Crippen molar-refractivity contribution in [3.05, 3.63) is 64.5 Å². The minimum absolute atomic E-state index is 0.514. The molecule has 1 aromatic carbocycles. The maximum Gasteiger partial charge on any atom is 0.137 e. The summed E-state index contributed by atoms with van der Waals surface area (Å²) in [5.41, 5.74) is 2.21. The van der Waals surface area contributed by atoms with E-state index in [0.29, 0.717) is 5.15 Å². The number of thiazole rings is 1. The molecule has 0 atom stereocenters. The number of nitrogens with zero attached hydrogens (tertiary/aromatic N) is 2. The van der Waals surface area contributed by atoms with Gasteiger partial charge in [0.25, 0.3) is 0 Å². The molecule has 0 aliphatic rings. The molecule has 0 aliphatic carbocycles. The lowest BCUT2D eigenvalue weighted by Gasteiger charge is -2.04. The predicted molar refractivity (Wildman–Crippen MR) is 98.8 cm³/mol. The van der Waals surface area contributed by atoms with Crippen LogP contribution in [0, 0.1) is 0 Å². The molecular formula is C18H18ClN3OS. The highest BCUT2D eigenvalue weighted by atomic mass is 35.5. The van der Waals surface area contributed by atoms with E-state index in [-0.39, 0.29) is 0 Å². The van der Waals surface area contributed by atoms with E-state index in [2.05, 4.69) is 27.4 Å². The largest absolute Gasteiger partial charge is 0.497 e. The average Bonchev–Trinajstić information content (AvgIpc) is 3.08. The summed E-state index contributed by atoms with van der Waals surface area (Å²) in [5.74, 6) is 0.885. The number of methoxy groups -OCH3 is 1. The number of halogens is 1. The predicted octanol–water partition coefficient (Wildman–Crippen LogP) is 4.20. The normalized spacial score (nSPS) is 10.8. The molecule has 3 rings (SSSR count). The van der Waals surface area contributed by atoms with Gasteiger partial charge < -0.3 is 10.1 Å². The van der Waals surface area contributed by atoms with Crippen LogP contribution in [-0.4, -0.2) is 23.6 Å². The van der Waals surface area contributed by atoms with Crippen LogP contribution in [0.15, 0.2) is 48.8 Å². The smallest absolute Gasteiger partial charge is 0.137 e. The second-order valence-corrected chi connectivity index (χ2v) is 6.71. The molecule has 4 nitrogen and oxygen atoms in total. The Morgan fingerprint density at radius 1 is 1.17 bits per heavy atom. The van der Waals surface area contributed by atoms with Gasteiger partial charge in [-0.1, -0.05) is 23.7 Å². The average molecular weight is 360 g/mol. The Labute approximate surface area is 150 Å². The molecule has 0 radical (unpaired) electrons. The molecule has 0 aliphatic heterocycles. The number of hydrogen-bond acceptors (Lipinski definition) is 5. The quantitative estimate of drug-likeness (QED) is 0.507. The first kappa shape index (κ1) is 16.9. The van der Waals surface area contributed by atoms with Gasteiger partial charge in [-0.2, -0.15) is 0 Å². The first-order valence-corrected chi connectivity index (χ1v) is 8.85. The minimum Gasteiger partial charge on any atom is -0.497 e. The molecule has 0 unspecified atom stereocenters. The summed E-state index contributed by atoms with van der Waals surface area (Å²) in [5, 5.41) is 4.98. The zero-order valence-electron chi connectivity index (χ0n) is 13.3. The third kappa shape index (κ3) is 4.32. The summed E-state index contributed by atoms with van der Waals surface area (Å²) >= 11 is 7.76. The van der Waals surface area contributed by atoms with E-state index in [9.17, 15) is 0 Å². The fourth-order valence-corrected chi connectivity index (χ4v) is 3.50. The Balaban J connectivity index is 1.50. The van der Waals surface area contributed by atoms with Crippen LogP contribution in [0.25, 0.3) is 10.4 Å². The Morgan fingerprint density at radius 3 is 2.75 bits per heavy atom. The van der Waals surface area contributed by atoms with Crippen LogP contribution in [0.5, 0.6) is 5.75 Å². The molecular weight excluding hydrogens is 342 g/mol. The molecule has 1 N–H and O–H groups in total. The molecule has 24 heavy (non-hydrogen) atoms. The van der Waals surface area contributed by atoms with Crippen molar-refractivity contribution in [2.24, 2.45) is 0 Å². The van der Waals surface area contributed by atoms with E-state index < -0.39 is 0 Å². The summed E-state index contributed by atoms with van der Waals surface area (Å²) in [6, 6.07) is 12.0. The van der Waals surface area contributed by atoms with Gasteiger partial charge in [-0.25, -0.2) is 9.97 Å². The van der Waals surface area contributed by atoms with Gasteiger partial charge in [0, 0.05) is 24.5 Å². The van der Waals surface area contributed by atoms with Crippen LogP contribution in [0.1, 0.15) is 10.6 Å². The minimum atomic E-state index is 0.514. The molecule has 0 fully saturated rings. The van der Waals surface area contributed by atoms with Crippen LogP contribution in [0.2, 0.25) is 5.15 Å². The highest BCUT2D eigenvalue weighted by molar-refractivity contribution is 7.15. The molecule has 3 aromatic rings. The third-order valence-corrected chi connectivity index (χ3v) is 4.94. The standard InChI is InChI=1S/C18H18ClN3OS/c1-23-14-6-4-13(5-7-14)8-10-20-12-17-22-11-16(24-17)15-3-2-9-21-18(15)19/h2-7,9,11,20H,8,10,12H2,1H3. The molecule has 6 heteroatoms. The maximum atomic E-state index is 6.13. The van der Waals surface area contributed by atoms with Gasteiger partial charge in [0.1, 0.15) is 15.9 Å². The third-order valence-electron chi connectivity index (χ3n) is 3.60. The van der Waals surface area contributed by atoms with E-state index in [1.807, 2.05) is 30.5 Å². The molecule has 2 heterocycles. The lowest BCUT2D eigenvalue weighted by molar-refractivity contribution is 0.414. The Hall–Kier alpha value is -1.95. The zero-order chi connectivity index (χ0) is 16.8. The van der Waals surface area contributed by atoms with Gasteiger partial charge in [0.2, 0.25) is 0 Å². The lowest BCUT2D eigenvalue weighted by Crippen LogP contribution is -2.16. The van der Waals surface area contributed by atoms with Gasteiger partial charge in [0.15, 0.2) is 0 Å². The number of ether oxygens (including phenoxy) is 1. The van der Waals surface area contributed by atoms with Gasteiger partial charge in [-0.15, -0.1) is 11.3 Å². The van der Waals surface area contributed by atoms with E-state index in [1.165, 1.54) is 5.56 Å². The summed E-state index contributed by atoms with van der Waals surface area (Å²) < 4.78 is 5.16. The Kier molecular flexibility index (Phi) is 5.80. The SMILES string of the molecule is COc1ccc(CCNCc2ncc(-c3cccnc3Cl)s2)cc1. The van der Waals surface area contributed by atoms with Crippen LogP contribution in [0.4, 0.5) is 0 Å². The number of rotatable bonds is 7. The van der Waals surface area contributed by atoms with E-state index >= 15 is 0 Å². The number of hydrogen-bond donors (Lipinski definition) is 1. The fourth-order valence-electron chi connectivity index (χ4n) is 2.31. The van der Waals surface area contributed by atoms with Gasteiger partial charge >= 0.3 is 0 Å². The highest BCUT2D eigenvalue weighted by Crippen LogP contribution is 2.30. The molecule has 0 saturated heterocycles. The molecule has 0 bridgehead atoms. The topological polar surface area (TPSA) is 47.0 Å². The first-order chi connectivity index (χ1) is 11.8. The fraction of sp³-hybridized carbons (Fsp3) is 0.222. The summed E-state index contributed by atoms with van der Waals surface area (Å²) in [6.45, 7) is 1.65. The number of aromatic nitrogens is 2. The van der Waals surface area contributed by atoms with Crippen molar-refractivity contribution in [3.63, 3.8) is 0 Å². The van der Waals surface area contributed by atoms with E-state index in [1.54, 1.807) is 24.6 Å². The van der Waals surface area contributed by atoms with Crippen LogP contribution < -0.4 is 10.1 Å². The highest BCUT2D eigenvalue weighted by Gasteiger charge is 2.08. The molecule has 124 valence electrons. The Morgan fingerprint density at radius 2 is 2.00 bits per heavy atom. The summed E-state index contributed by atoms with van der Waals surface area (Å²) in [7, 11) is 1.68. The summed E-state index contributed by atoms with van der Waals surface area (Å²) in [6.07, 6.45) is 4.51. The molecule has 2 aromatic heterocycles. The molecule has 0 spiro atoms. The second kappa shape index (κ2) is 8.24. The van der Waals surface area contributed by atoms with Gasteiger partial charge in [-0.3, -0.25) is 0 Å². The van der Waals surface area contributed by atoms with Crippen molar-refractivity contribution in [3.8, 4) is 16.2 Å². The number of pyridine rings is 1. The van der Waals surface area contributed by atoms with Crippen molar-refractivity contribution in [1.29, 1.82) is 0 Å². The zero-order valence-corrected chi connectivity index (χ0v) is 14.9. The number of benzene rings is 1.